The van der Waals surface area contributed by atoms with E-state index in [1.807, 2.05) is 0 Å². The van der Waals surface area contributed by atoms with Crippen LogP contribution in [0.15, 0.2) is 0 Å². The minimum absolute atomic E-state index is 0. The van der Waals surface area contributed by atoms with Crippen molar-refractivity contribution in [2.24, 2.45) is 0 Å². The van der Waals surface area contributed by atoms with Gasteiger partial charge in [-0.25, -0.2) is 0 Å². The van der Waals surface area contributed by atoms with Crippen LogP contribution < -0.4 is 12.1 Å². The first-order valence-corrected chi connectivity index (χ1v) is 6.77. The third kappa shape index (κ3) is 638. The molecule has 0 saturated heterocycles. The zero-order valence-electron chi connectivity index (χ0n) is 5.35. The van der Waals surface area contributed by atoms with Gasteiger partial charge < -0.3 is 0 Å². The van der Waals surface area contributed by atoms with Crippen LogP contribution in [0.25, 0.3) is 0 Å². The maximum absolute atomic E-state index is 8.56. The number of hydrogen-bond acceptors (Lipinski definition) is 9. The molecule has 0 aromatic rings. The summed E-state index contributed by atoms with van der Waals surface area (Å²) in [5.74, 6) is 0. The van der Waals surface area contributed by atoms with Crippen LogP contribution in [0, 0.1) is 38.6 Å². The van der Waals surface area contributed by atoms with E-state index in [-0.39, 0.29) is 38.6 Å². The number of rotatable bonds is 0. The Morgan fingerprint density at radius 3 is 0.538 bits per heavy atom. The van der Waals surface area contributed by atoms with E-state index >= 15 is 0 Å². The van der Waals surface area contributed by atoms with E-state index in [0.29, 0.717) is 0 Å². The summed E-state index contributed by atoms with van der Waals surface area (Å²) >= 11 is -11.8. The summed E-state index contributed by atoms with van der Waals surface area (Å²) in [7, 11) is 0. The molecule has 0 aliphatic carbocycles. The number of hydrogen-bond donors (Lipinski definition) is 0. The molecule has 0 bridgehead atoms. The largest absolute Gasteiger partial charge is 3.00 e. The minimum atomic E-state index is -3.94. The van der Waals surface area contributed by atoms with Crippen LogP contribution in [0.5, 0.6) is 0 Å². The molecule has 13 heteroatoms. The fraction of sp³-hybridized carbons (Fsp3) is 0. The Kier molecular flexibility index (Phi) is 35.8. The van der Waals surface area contributed by atoms with Crippen molar-refractivity contribution >= 4 is 0 Å². The van der Waals surface area contributed by atoms with Crippen molar-refractivity contribution < 1.29 is 119 Å². The molecule has 0 aliphatic rings. The molecule has 0 aliphatic heterocycles. The second-order valence-corrected chi connectivity index (χ2v) is 2.77. The van der Waals surface area contributed by atoms with E-state index in [2.05, 4.69) is 0 Å². The van der Waals surface area contributed by atoms with Gasteiger partial charge in [-0.05, 0) is 0 Å². The molecule has 0 rings (SSSR count). The van der Waals surface area contributed by atoms with Crippen molar-refractivity contribution in [3.05, 3.63) is 0 Å². The van der Waals surface area contributed by atoms with Crippen LogP contribution in [-0.2, 0) is 68.2 Å². The Morgan fingerprint density at radius 1 is 0.538 bits per heavy atom. The molecule has 0 unspecified atom stereocenters. The zero-order valence-corrected chi connectivity index (χ0v) is 11.7. The Bertz CT molecular complexity index is 208. The smallest absolute Gasteiger partial charge is 3.00 e. The molecule has 0 fully saturated rings. The molecule has 0 amide bonds. The van der Waals surface area contributed by atoms with Crippen molar-refractivity contribution in [2.75, 3.05) is 0 Å². The van der Waals surface area contributed by atoms with E-state index in [4.69, 9.17) is 34.1 Å². The van der Waals surface area contributed by atoms with Crippen molar-refractivity contribution in [3.63, 3.8) is 0 Å². The standard InChI is InChI=1S/9O.Tb.3V/q;;;;;;3*-1;+3;;;. The van der Waals surface area contributed by atoms with Crippen LogP contribution in [0.4, 0.5) is 0 Å². The molecule has 0 heterocycles. The van der Waals surface area contributed by atoms with Crippen LogP contribution in [0.3, 0.4) is 0 Å². The Balaban J connectivity index is -0.0000000450. The SMILES string of the molecule is [O]=[V](=[O])[O-].[O]=[V](=[O])[O-].[O]=[V](=[O])[O-].[Tb+3]. The van der Waals surface area contributed by atoms with E-state index in [1.165, 1.54) is 0 Å². The van der Waals surface area contributed by atoms with E-state index in [9.17, 15) is 0 Å². The quantitative estimate of drug-likeness (QED) is 0.350. The second kappa shape index (κ2) is 19.3. The van der Waals surface area contributed by atoms with Crippen LogP contribution in [0.1, 0.15) is 0 Å². The molecule has 0 radical (unpaired) electrons. The molecule has 0 aromatic heterocycles. The second-order valence-electron chi connectivity index (χ2n) is 0.671. The predicted molar refractivity (Wildman–Crippen MR) is 4.12 cm³/mol. The van der Waals surface area contributed by atoms with Crippen LogP contribution in [0.2, 0.25) is 0 Å². The first-order valence-electron chi connectivity index (χ1n) is 1.64. The average Bonchev–Trinajstić information content (AvgIpc) is 1.54. The first-order chi connectivity index (χ1) is 5.20. The van der Waals surface area contributed by atoms with Gasteiger partial charge in [0.1, 0.15) is 0 Å². The molecule has 78 valence electrons. The van der Waals surface area contributed by atoms with Gasteiger partial charge in [0, 0.05) is 0 Å². The molecule has 0 N–H and O–H groups in total. The molecule has 0 saturated carbocycles. The summed E-state index contributed by atoms with van der Waals surface area (Å²) in [4.78, 5) is 0. The molecule has 0 spiro atoms. The predicted octanol–water partition coefficient (Wildman–Crippen LogP) is -4.29. The summed E-state index contributed by atoms with van der Waals surface area (Å²) < 4.78 is 77.1. The normalized spacial score (nSPS) is 5.77. The van der Waals surface area contributed by atoms with Gasteiger partial charge in [0.15, 0.2) is 0 Å². The van der Waals surface area contributed by atoms with E-state index in [0.717, 1.165) is 0 Å². The van der Waals surface area contributed by atoms with Gasteiger partial charge in [-0.3, -0.25) is 0 Å². The molecule has 9 nitrogen and oxygen atoms in total. The molecular weight excluding hydrogens is 456 g/mol. The Labute approximate surface area is 117 Å². The minimum Gasteiger partial charge on any atom is 3.00 e. The molecule has 0 atom stereocenters. The molecule has 0 aromatic carbocycles. The van der Waals surface area contributed by atoms with Crippen molar-refractivity contribution in [2.45, 2.75) is 0 Å². The maximum atomic E-state index is 8.56. The summed E-state index contributed by atoms with van der Waals surface area (Å²) in [6.45, 7) is 0. The molecule has 13 heavy (non-hydrogen) atoms. The monoisotopic (exact) mass is 456 g/mol. The summed E-state index contributed by atoms with van der Waals surface area (Å²) in [6.07, 6.45) is 0. The first kappa shape index (κ1) is 24.1. The van der Waals surface area contributed by atoms with Gasteiger partial charge in [-0.1, -0.05) is 0 Å². The Hall–Kier alpha value is 1.72. The van der Waals surface area contributed by atoms with Crippen molar-refractivity contribution in [1.82, 2.24) is 0 Å². The van der Waals surface area contributed by atoms with Crippen molar-refractivity contribution in [3.8, 4) is 0 Å². The zero-order chi connectivity index (χ0) is 10.7. The summed E-state index contributed by atoms with van der Waals surface area (Å²) in [5.41, 5.74) is 0. The summed E-state index contributed by atoms with van der Waals surface area (Å²) in [5, 5.41) is 0. The maximum Gasteiger partial charge on any atom is 3.00 e. The van der Waals surface area contributed by atoms with Gasteiger partial charge in [-0.15, -0.1) is 0 Å². The molecular formula is O9TbV3. The van der Waals surface area contributed by atoms with Gasteiger partial charge in [0.25, 0.3) is 0 Å². The van der Waals surface area contributed by atoms with E-state index in [1.54, 1.807) is 0 Å². The van der Waals surface area contributed by atoms with Gasteiger partial charge in [-0.2, -0.15) is 0 Å². The average molecular weight is 456 g/mol. The van der Waals surface area contributed by atoms with Gasteiger partial charge >= 0.3 is 119 Å². The summed E-state index contributed by atoms with van der Waals surface area (Å²) in [6, 6.07) is 0. The Morgan fingerprint density at radius 2 is 0.538 bits per heavy atom. The topological polar surface area (TPSA) is 172 Å². The third-order valence-electron chi connectivity index (χ3n) is 0. The third-order valence-corrected chi connectivity index (χ3v) is 0. The van der Waals surface area contributed by atoms with Crippen LogP contribution in [-0.4, -0.2) is 0 Å². The van der Waals surface area contributed by atoms with Crippen molar-refractivity contribution in [1.29, 1.82) is 0 Å². The fourth-order valence-corrected chi connectivity index (χ4v) is 0. The van der Waals surface area contributed by atoms with E-state index < -0.39 is 46.2 Å². The van der Waals surface area contributed by atoms with Gasteiger partial charge in [0.05, 0.1) is 0 Å². The van der Waals surface area contributed by atoms with Crippen LogP contribution >= 0.6 is 0 Å². The van der Waals surface area contributed by atoms with Gasteiger partial charge in [0.2, 0.25) is 0 Å². The fourth-order valence-electron chi connectivity index (χ4n) is 0.